The summed E-state index contributed by atoms with van der Waals surface area (Å²) in [6.07, 6.45) is 16.6. The Morgan fingerprint density at radius 2 is 1.27 bits per heavy atom. The molecule has 4 rings (SSSR count). The maximum absolute atomic E-state index is 8.91. The van der Waals surface area contributed by atoms with Crippen molar-refractivity contribution in [2.75, 3.05) is 26.3 Å². The van der Waals surface area contributed by atoms with Gasteiger partial charge < -0.3 is 20.5 Å². The Balaban J connectivity index is 0.000000236. The number of likely N-dealkylation sites (tertiary alicyclic amines) is 1. The minimum atomic E-state index is 0.0359. The highest BCUT2D eigenvalue weighted by Gasteiger charge is 2.28. The van der Waals surface area contributed by atoms with Gasteiger partial charge in [0, 0.05) is 25.3 Å². The lowest BCUT2D eigenvalue weighted by Crippen LogP contribution is -2.46. The summed E-state index contributed by atoms with van der Waals surface area (Å²) < 4.78 is 5.86. The Morgan fingerprint density at radius 3 is 1.73 bits per heavy atom. The predicted molar refractivity (Wildman–Crippen MR) is 107 cm³/mol. The van der Waals surface area contributed by atoms with Gasteiger partial charge >= 0.3 is 0 Å². The van der Waals surface area contributed by atoms with E-state index in [1.54, 1.807) is 0 Å². The monoisotopic (exact) mass is 366 g/mol. The molecule has 3 saturated carbocycles. The number of rotatable bonds is 5. The Kier molecular flexibility index (Phi) is 8.70. The van der Waals surface area contributed by atoms with Crippen LogP contribution in [0.15, 0.2) is 0 Å². The third-order valence-electron chi connectivity index (χ3n) is 6.89. The molecule has 4 aliphatic rings. The van der Waals surface area contributed by atoms with Crippen LogP contribution in [-0.4, -0.2) is 54.5 Å². The fourth-order valence-electron chi connectivity index (χ4n) is 4.73. The second-order valence-electron chi connectivity index (χ2n) is 9.32. The first-order valence-electron chi connectivity index (χ1n) is 11.5. The molecule has 26 heavy (non-hydrogen) atoms. The minimum Gasteiger partial charge on any atom is -0.393 e. The molecule has 0 aromatic rings. The van der Waals surface area contributed by atoms with Crippen molar-refractivity contribution >= 4 is 0 Å². The van der Waals surface area contributed by atoms with Crippen LogP contribution in [0, 0.1) is 11.8 Å². The van der Waals surface area contributed by atoms with E-state index in [1.165, 1.54) is 83.7 Å². The Morgan fingerprint density at radius 1 is 0.731 bits per heavy atom. The molecule has 0 unspecified atom stereocenters. The first-order chi connectivity index (χ1) is 12.7. The van der Waals surface area contributed by atoms with Crippen LogP contribution in [0.2, 0.25) is 0 Å². The fraction of sp³-hybridized carbons (Fsp3) is 1.00. The third kappa shape index (κ3) is 7.46. The van der Waals surface area contributed by atoms with Crippen molar-refractivity contribution in [3.05, 3.63) is 0 Å². The van der Waals surface area contributed by atoms with Crippen LogP contribution < -0.4 is 5.73 Å². The zero-order valence-electron chi connectivity index (χ0n) is 16.8. The normalized spacial score (nSPS) is 32.1. The quantitative estimate of drug-likeness (QED) is 0.779. The topological polar surface area (TPSA) is 58.7 Å². The molecule has 0 bridgehead atoms. The van der Waals surface area contributed by atoms with E-state index in [9.17, 15) is 0 Å². The summed E-state index contributed by atoms with van der Waals surface area (Å²) in [6.45, 7) is 4.52. The third-order valence-corrected chi connectivity index (χ3v) is 6.89. The van der Waals surface area contributed by atoms with Crippen molar-refractivity contribution in [1.29, 1.82) is 0 Å². The summed E-state index contributed by atoms with van der Waals surface area (Å²) >= 11 is 0. The molecule has 3 N–H and O–H groups in total. The highest BCUT2D eigenvalue weighted by Crippen LogP contribution is 2.31. The summed E-state index contributed by atoms with van der Waals surface area (Å²) in [7, 11) is 0. The molecule has 1 heterocycles. The van der Waals surface area contributed by atoms with E-state index in [1.807, 2.05) is 0 Å². The standard InChI is InChI=1S/C16H30N2O.C6H12O/c17-15-7-9-18(10-8-15)16-5-3-14(4-6-16)12-19-11-13-1-2-13;7-6-4-2-1-3-5-6/h13-16H,1-12,17H2;6-7H,1-5H2. The second kappa shape index (κ2) is 11.0. The highest BCUT2D eigenvalue weighted by molar-refractivity contribution is 4.84. The molecule has 0 aromatic carbocycles. The van der Waals surface area contributed by atoms with E-state index < -0.39 is 0 Å². The molecule has 0 spiro atoms. The molecule has 4 heteroatoms. The largest absolute Gasteiger partial charge is 0.393 e. The second-order valence-corrected chi connectivity index (χ2v) is 9.32. The first kappa shape index (κ1) is 20.6. The summed E-state index contributed by atoms with van der Waals surface area (Å²) in [4.78, 5) is 2.70. The van der Waals surface area contributed by atoms with E-state index in [2.05, 4.69) is 4.90 Å². The van der Waals surface area contributed by atoms with Gasteiger partial charge in [0.25, 0.3) is 0 Å². The molecule has 152 valence electrons. The van der Waals surface area contributed by atoms with Crippen LogP contribution in [0.1, 0.15) is 83.5 Å². The van der Waals surface area contributed by atoms with Crippen LogP contribution in [0.4, 0.5) is 0 Å². The number of aliphatic hydroxyl groups is 1. The molecule has 0 atom stereocenters. The van der Waals surface area contributed by atoms with Gasteiger partial charge in [-0.15, -0.1) is 0 Å². The Hall–Kier alpha value is -0.160. The van der Waals surface area contributed by atoms with E-state index in [4.69, 9.17) is 15.6 Å². The molecule has 1 saturated heterocycles. The molecule has 0 aromatic heterocycles. The Bertz CT molecular complexity index is 366. The van der Waals surface area contributed by atoms with E-state index in [0.717, 1.165) is 43.9 Å². The van der Waals surface area contributed by atoms with Crippen molar-refractivity contribution in [1.82, 2.24) is 4.90 Å². The highest BCUT2D eigenvalue weighted by atomic mass is 16.5. The van der Waals surface area contributed by atoms with Crippen molar-refractivity contribution in [2.45, 2.75) is 102 Å². The minimum absolute atomic E-state index is 0.0359. The molecule has 3 aliphatic carbocycles. The van der Waals surface area contributed by atoms with E-state index in [0.29, 0.717) is 6.04 Å². The zero-order valence-corrected chi connectivity index (χ0v) is 16.8. The van der Waals surface area contributed by atoms with Crippen molar-refractivity contribution in [2.24, 2.45) is 17.6 Å². The number of hydrogen-bond donors (Lipinski definition) is 2. The molecule has 0 amide bonds. The molecule has 4 nitrogen and oxygen atoms in total. The summed E-state index contributed by atoms with van der Waals surface area (Å²) in [6, 6.07) is 1.30. The molecular weight excluding hydrogens is 324 g/mol. The number of nitrogens with zero attached hydrogens (tertiary/aromatic N) is 1. The maximum atomic E-state index is 8.91. The lowest BCUT2D eigenvalue weighted by molar-refractivity contribution is 0.0528. The van der Waals surface area contributed by atoms with Gasteiger partial charge in [-0.1, -0.05) is 19.3 Å². The van der Waals surface area contributed by atoms with Crippen LogP contribution in [0.25, 0.3) is 0 Å². The van der Waals surface area contributed by atoms with E-state index >= 15 is 0 Å². The first-order valence-corrected chi connectivity index (χ1v) is 11.5. The van der Waals surface area contributed by atoms with Gasteiger partial charge in [0.2, 0.25) is 0 Å². The SMILES string of the molecule is NC1CCN(C2CCC(COCC3CC3)CC2)CC1.OC1CCCCC1. The maximum Gasteiger partial charge on any atom is 0.0540 e. The van der Waals surface area contributed by atoms with Gasteiger partial charge in [-0.25, -0.2) is 0 Å². The van der Waals surface area contributed by atoms with Gasteiger partial charge in [0.1, 0.15) is 0 Å². The predicted octanol–water partition coefficient (Wildman–Crippen LogP) is 3.71. The lowest BCUT2D eigenvalue weighted by atomic mass is 9.85. The number of ether oxygens (including phenoxy) is 1. The van der Waals surface area contributed by atoms with Crippen LogP contribution in [0.3, 0.4) is 0 Å². The van der Waals surface area contributed by atoms with Crippen molar-refractivity contribution in [3.63, 3.8) is 0 Å². The van der Waals surface area contributed by atoms with Gasteiger partial charge in [0.15, 0.2) is 0 Å². The molecule has 1 aliphatic heterocycles. The number of aliphatic hydroxyl groups excluding tert-OH is 1. The molecule has 0 radical (unpaired) electrons. The number of nitrogens with two attached hydrogens (primary N) is 1. The average Bonchev–Trinajstić information content (AvgIpc) is 3.49. The smallest absolute Gasteiger partial charge is 0.0540 e. The number of hydrogen-bond acceptors (Lipinski definition) is 4. The van der Waals surface area contributed by atoms with Crippen LogP contribution in [0.5, 0.6) is 0 Å². The van der Waals surface area contributed by atoms with Crippen molar-refractivity contribution in [3.8, 4) is 0 Å². The molecular formula is C22H42N2O2. The van der Waals surface area contributed by atoms with E-state index in [-0.39, 0.29) is 6.10 Å². The summed E-state index contributed by atoms with van der Waals surface area (Å²) in [5.41, 5.74) is 5.99. The summed E-state index contributed by atoms with van der Waals surface area (Å²) in [5, 5.41) is 8.91. The average molecular weight is 367 g/mol. The fourth-order valence-corrected chi connectivity index (χ4v) is 4.73. The van der Waals surface area contributed by atoms with Crippen LogP contribution in [-0.2, 0) is 4.74 Å². The zero-order chi connectivity index (χ0) is 18.2. The van der Waals surface area contributed by atoms with Crippen LogP contribution >= 0.6 is 0 Å². The van der Waals surface area contributed by atoms with Gasteiger partial charge in [-0.05, 0) is 89.1 Å². The summed E-state index contributed by atoms with van der Waals surface area (Å²) in [5.74, 6) is 1.75. The Labute approximate surface area is 160 Å². The molecule has 4 fully saturated rings. The number of piperidine rings is 1. The van der Waals surface area contributed by atoms with Crippen molar-refractivity contribution < 1.29 is 9.84 Å². The van der Waals surface area contributed by atoms with Gasteiger partial charge in [-0.2, -0.15) is 0 Å². The van der Waals surface area contributed by atoms with Gasteiger partial charge in [0.05, 0.1) is 6.10 Å². The lowest BCUT2D eigenvalue weighted by Gasteiger charge is -2.40. The van der Waals surface area contributed by atoms with Gasteiger partial charge in [-0.3, -0.25) is 0 Å².